The van der Waals surface area contributed by atoms with Gasteiger partial charge in [0.2, 0.25) is 5.91 Å². The lowest BCUT2D eigenvalue weighted by Crippen LogP contribution is -2.58. The number of hydrogen-bond acceptors (Lipinski definition) is 6. The molecular weight excluding hydrogens is 362 g/mol. The summed E-state index contributed by atoms with van der Waals surface area (Å²) in [5, 5.41) is 7.08. The van der Waals surface area contributed by atoms with Gasteiger partial charge in [0.25, 0.3) is 5.91 Å². The van der Waals surface area contributed by atoms with Crippen LogP contribution in [0.2, 0.25) is 0 Å². The van der Waals surface area contributed by atoms with E-state index in [2.05, 4.69) is 15.3 Å². The fourth-order valence-corrected chi connectivity index (χ4v) is 4.51. The molecule has 1 N–H and O–H groups in total. The maximum Gasteiger partial charge on any atom is 0.255 e. The van der Waals surface area contributed by atoms with Crippen molar-refractivity contribution >= 4 is 11.8 Å². The van der Waals surface area contributed by atoms with E-state index in [0.717, 1.165) is 31.7 Å². The lowest BCUT2D eigenvalue weighted by atomic mass is 9.89. The average molecular weight is 391 g/mol. The highest BCUT2D eigenvalue weighted by Crippen LogP contribution is 2.33. The lowest BCUT2D eigenvalue weighted by molar-refractivity contribution is -0.162. The molecular formula is C19H29N5O4. The Morgan fingerprint density at radius 3 is 2.71 bits per heavy atom. The van der Waals surface area contributed by atoms with Crippen molar-refractivity contribution in [3.63, 3.8) is 0 Å². The third-order valence-electron chi connectivity index (χ3n) is 6.47. The van der Waals surface area contributed by atoms with E-state index in [0.29, 0.717) is 32.5 Å². The molecule has 0 radical (unpaired) electrons. The van der Waals surface area contributed by atoms with Crippen LogP contribution in [0.4, 0.5) is 0 Å². The number of nitrogens with one attached hydrogen (secondary N) is 1. The number of methoxy groups -OCH3 is 1. The Bertz CT molecular complexity index is 730. The topological polar surface area (TPSA) is 88.9 Å². The number of carbonyl (C=O) groups is 2. The normalized spacial score (nSPS) is 27.9. The van der Waals surface area contributed by atoms with Gasteiger partial charge in [0.15, 0.2) is 0 Å². The lowest BCUT2D eigenvalue weighted by Gasteiger charge is -2.42. The van der Waals surface area contributed by atoms with Gasteiger partial charge >= 0.3 is 0 Å². The van der Waals surface area contributed by atoms with E-state index in [-0.39, 0.29) is 18.4 Å². The standard InChI is InChI=1S/C19H29N5O4/c1-22-15(3-7-21-22)11-23-8-5-19(27-2,6-9-23)17(26)24-10-4-18(14-24)13-20-16(25)12-28-18/h3,7H,4-6,8-14H2,1-2H3,(H,20,25). The van der Waals surface area contributed by atoms with Gasteiger partial charge in [-0.25, -0.2) is 0 Å². The van der Waals surface area contributed by atoms with Crippen LogP contribution in [-0.4, -0.2) is 89.0 Å². The SMILES string of the molecule is COC1(C(=O)N2CCC3(CNC(=O)CO3)C2)CCN(Cc2ccnn2C)CC1. The summed E-state index contributed by atoms with van der Waals surface area (Å²) in [5.74, 6) is -0.0443. The molecule has 4 heterocycles. The highest BCUT2D eigenvalue weighted by atomic mass is 16.5. The largest absolute Gasteiger partial charge is 0.368 e. The number of amides is 2. The molecule has 0 aliphatic carbocycles. The fraction of sp³-hybridized carbons (Fsp3) is 0.737. The predicted molar refractivity (Wildman–Crippen MR) is 100 cm³/mol. The molecule has 0 bridgehead atoms. The Kier molecular flexibility index (Phi) is 5.15. The van der Waals surface area contributed by atoms with Gasteiger partial charge in [-0.15, -0.1) is 0 Å². The zero-order valence-electron chi connectivity index (χ0n) is 16.6. The Morgan fingerprint density at radius 2 is 2.11 bits per heavy atom. The number of carbonyl (C=O) groups excluding carboxylic acids is 2. The van der Waals surface area contributed by atoms with Gasteiger partial charge in [-0.3, -0.25) is 19.2 Å². The third-order valence-corrected chi connectivity index (χ3v) is 6.47. The minimum atomic E-state index is -0.771. The van der Waals surface area contributed by atoms with Crippen molar-refractivity contribution in [3.8, 4) is 0 Å². The van der Waals surface area contributed by atoms with Crippen LogP contribution >= 0.6 is 0 Å². The van der Waals surface area contributed by atoms with E-state index >= 15 is 0 Å². The number of piperidine rings is 1. The van der Waals surface area contributed by atoms with Crippen LogP contribution in [0.15, 0.2) is 12.3 Å². The molecule has 3 fully saturated rings. The van der Waals surface area contributed by atoms with E-state index in [9.17, 15) is 9.59 Å². The van der Waals surface area contributed by atoms with Gasteiger partial charge < -0.3 is 19.7 Å². The van der Waals surface area contributed by atoms with Crippen LogP contribution < -0.4 is 5.32 Å². The highest BCUT2D eigenvalue weighted by molar-refractivity contribution is 5.86. The Hall–Kier alpha value is -1.97. The summed E-state index contributed by atoms with van der Waals surface area (Å²) in [7, 11) is 3.58. The van der Waals surface area contributed by atoms with Crippen LogP contribution in [0.3, 0.4) is 0 Å². The number of aryl methyl sites for hydroxylation is 1. The molecule has 2 amide bonds. The monoisotopic (exact) mass is 391 g/mol. The second-order valence-corrected chi connectivity index (χ2v) is 8.15. The van der Waals surface area contributed by atoms with E-state index in [1.807, 2.05) is 22.7 Å². The summed E-state index contributed by atoms with van der Waals surface area (Å²) >= 11 is 0. The predicted octanol–water partition coefficient (Wildman–Crippen LogP) is -0.481. The van der Waals surface area contributed by atoms with Gasteiger partial charge in [0.05, 0.1) is 12.2 Å². The quantitative estimate of drug-likeness (QED) is 0.746. The van der Waals surface area contributed by atoms with Crippen LogP contribution in [0.1, 0.15) is 25.0 Å². The molecule has 1 spiro atoms. The van der Waals surface area contributed by atoms with Crippen molar-refractivity contribution < 1.29 is 19.1 Å². The van der Waals surface area contributed by atoms with Gasteiger partial charge in [-0.2, -0.15) is 5.10 Å². The minimum absolute atomic E-state index is 0.0487. The number of aromatic nitrogens is 2. The molecule has 1 atom stereocenters. The molecule has 28 heavy (non-hydrogen) atoms. The Balaban J connectivity index is 1.37. The van der Waals surface area contributed by atoms with E-state index in [1.54, 1.807) is 13.3 Å². The first-order chi connectivity index (χ1) is 13.5. The number of likely N-dealkylation sites (tertiary alicyclic amines) is 2. The third kappa shape index (κ3) is 3.54. The summed E-state index contributed by atoms with van der Waals surface area (Å²) in [5.41, 5.74) is -0.0558. The molecule has 0 saturated carbocycles. The molecule has 9 nitrogen and oxygen atoms in total. The van der Waals surface area contributed by atoms with Crippen LogP contribution in [0.5, 0.6) is 0 Å². The van der Waals surface area contributed by atoms with Crippen molar-refractivity contribution in [2.24, 2.45) is 7.05 Å². The molecule has 1 aromatic heterocycles. The molecule has 4 rings (SSSR count). The van der Waals surface area contributed by atoms with Gasteiger partial charge in [0.1, 0.15) is 17.8 Å². The second kappa shape index (κ2) is 7.46. The van der Waals surface area contributed by atoms with Gasteiger partial charge in [-0.1, -0.05) is 0 Å². The van der Waals surface area contributed by atoms with Crippen LogP contribution in [-0.2, 0) is 32.7 Å². The summed E-state index contributed by atoms with van der Waals surface area (Å²) in [6.07, 6.45) is 3.88. The molecule has 3 aliphatic heterocycles. The first kappa shape index (κ1) is 19.4. The fourth-order valence-electron chi connectivity index (χ4n) is 4.51. The Morgan fingerprint density at radius 1 is 1.32 bits per heavy atom. The van der Waals surface area contributed by atoms with Crippen molar-refractivity contribution in [2.75, 3.05) is 46.4 Å². The molecule has 1 aromatic rings. The molecule has 0 aromatic carbocycles. The number of morpholine rings is 1. The van der Waals surface area contributed by atoms with Gasteiger partial charge in [0, 0.05) is 53.1 Å². The van der Waals surface area contributed by atoms with E-state index < -0.39 is 11.2 Å². The first-order valence-electron chi connectivity index (χ1n) is 9.90. The van der Waals surface area contributed by atoms with Crippen molar-refractivity contribution in [1.82, 2.24) is 24.9 Å². The van der Waals surface area contributed by atoms with Crippen LogP contribution in [0, 0.1) is 0 Å². The van der Waals surface area contributed by atoms with Crippen LogP contribution in [0.25, 0.3) is 0 Å². The smallest absolute Gasteiger partial charge is 0.255 e. The number of ether oxygens (including phenoxy) is 2. The van der Waals surface area contributed by atoms with E-state index in [1.165, 1.54) is 0 Å². The maximum absolute atomic E-state index is 13.3. The van der Waals surface area contributed by atoms with Crippen molar-refractivity contribution in [1.29, 1.82) is 0 Å². The van der Waals surface area contributed by atoms with Crippen molar-refractivity contribution in [2.45, 2.75) is 37.0 Å². The molecule has 9 heteroatoms. The average Bonchev–Trinajstić information content (AvgIpc) is 3.31. The highest BCUT2D eigenvalue weighted by Gasteiger charge is 2.50. The molecule has 3 aliphatic rings. The minimum Gasteiger partial charge on any atom is -0.368 e. The number of nitrogens with zero attached hydrogens (tertiary/aromatic N) is 4. The number of rotatable bonds is 4. The maximum atomic E-state index is 13.3. The zero-order valence-corrected chi connectivity index (χ0v) is 16.6. The molecule has 3 saturated heterocycles. The zero-order chi connectivity index (χ0) is 19.8. The van der Waals surface area contributed by atoms with Gasteiger partial charge in [-0.05, 0) is 25.3 Å². The summed E-state index contributed by atoms with van der Waals surface area (Å²) < 4.78 is 13.5. The number of hydrogen-bond donors (Lipinski definition) is 1. The van der Waals surface area contributed by atoms with Crippen molar-refractivity contribution in [3.05, 3.63) is 18.0 Å². The van der Waals surface area contributed by atoms with E-state index in [4.69, 9.17) is 9.47 Å². The second-order valence-electron chi connectivity index (χ2n) is 8.15. The summed E-state index contributed by atoms with van der Waals surface area (Å²) in [4.78, 5) is 28.9. The molecule has 1 unspecified atom stereocenters. The Labute approximate surface area is 164 Å². The summed E-state index contributed by atoms with van der Waals surface area (Å²) in [6.45, 7) is 4.11. The first-order valence-corrected chi connectivity index (χ1v) is 9.90. The molecule has 154 valence electrons. The summed E-state index contributed by atoms with van der Waals surface area (Å²) in [6, 6.07) is 2.02.